The van der Waals surface area contributed by atoms with Crippen LogP contribution in [-0.2, 0) is 4.79 Å². The van der Waals surface area contributed by atoms with Gasteiger partial charge in [0.2, 0.25) is 5.91 Å². The van der Waals surface area contributed by atoms with E-state index in [1.54, 1.807) is 0 Å². The summed E-state index contributed by atoms with van der Waals surface area (Å²) in [5.74, 6) is 2.19. The molecule has 1 aliphatic heterocycles. The lowest BCUT2D eigenvalue weighted by molar-refractivity contribution is -0.134. The summed E-state index contributed by atoms with van der Waals surface area (Å²) in [6.07, 6.45) is 3.51. The van der Waals surface area contributed by atoms with Crippen molar-refractivity contribution in [1.82, 2.24) is 10.2 Å². The highest BCUT2D eigenvalue weighted by Crippen LogP contribution is 2.38. The highest BCUT2D eigenvalue weighted by atomic mass is 16.2. The summed E-state index contributed by atoms with van der Waals surface area (Å²) >= 11 is 0. The standard InChI is InChI=1S/C12H22N2O/c1-9-6-11(9)8-14(2)12(15)10-4-3-5-13-7-10/h9-11,13H,3-8H2,1-2H3/t9?,10-,11?/m1/s1. The zero-order valence-electron chi connectivity index (χ0n) is 9.83. The fourth-order valence-corrected chi connectivity index (χ4v) is 2.47. The summed E-state index contributed by atoms with van der Waals surface area (Å²) < 4.78 is 0. The Bertz CT molecular complexity index is 236. The van der Waals surface area contributed by atoms with Crippen LogP contribution in [0.5, 0.6) is 0 Å². The number of piperidine rings is 1. The minimum atomic E-state index is 0.234. The lowest BCUT2D eigenvalue weighted by Crippen LogP contribution is -2.42. The maximum atomic E-state index is 12.1. The molecule has 1 saturated carbocycles. The zero-order chi connectivity index (χ0) is 10.8. The highest BCUT2D eigenvalue weighted by Gasteiger charge is 2.35. The summed E-state index contributed by atoms with van der Waals surface area (Å²) in [7, 11) is 1.96. The van der Waals surface area contributed by atoms with Crippen molar-refractivity contribution in [2.45, 2.75) is 26.2 Å². The van der Waals surface area contributed by atoms with Crippen molar-refractivity contribution in [3.05, 3.63) is 0 Å². The molecule has 3 nitrogen and oxygen atoms in total. The second-order valence-corrected chi connectivity index (χ2v) is 5.24. The van der Waals surface area contributed by atoms with Gasteiger partial charge in [-0.3, -0.25) is 4.79 Å². The van der Waals surface area contributed by atoms with Crippen LogP contribution in [0.15, 0.2) is 0 Å². The van der Waals surface area contributed by atoms with Gasteiger partial charge in [0.1, 0.15) is 0 Å². The first kappa shape index (κ1) is 10.9. The van der Waals surface area contributed by atoms with Crippen LogP contribution >= 0.6 is 0 Å². The SMILES string of the molecule is CC1CC1CN(C)C(=O)[C@@H]1CCCNC1. The number of nitrogens with zero attached hydrogens (tertiary/aromatic N) is 1. The summed E-state index contributed by atoms with van der Waals surface area (Å²) in [6.45, 7) is 5.19. The monoisotopic (exact) mass is 210 g/mol. The minimum absolute atomic E-state index is 0.234. The van der Waals surface area contributed by atoms with E-state index in [2.05, 4.69) is 12.2 Å². The van der Waals surface area contributed by atoms with Crippen LogP contribution in [0.1, 0.15) is 26.2 Å². The first-order chi connectivity index (χ1) is 7.18. The molecule has 86 valence electrons. The van der Waals surface area contributed by atoms with Crippen LogP contribution < -0.4 is 5.32 Å². The molecule has 3 atom stereocenters. The fraction of sp³-hybridized carbons (Fsp3) is 0.917. The Hall–Kier alpha value is -0.570. The molecule has 0 aromatic heterocycles. The van der Waals surface area contributed by atoms with E-state index in [9.17, 15) is 4.79 Å². The van der Waals surface area contributed by atoms with Gasteiger partial charge in [0, 0.05) is 20.1 Å². The van der Waals surface area contributed by atoms with Crippen LogP contribution in [0.3, 0.4) is 0 Å². The third-order valence-corrected chi connectivity index (χ3v) is 3.81. The minimum Gasteiger partial charge on any atom is -0.345 e. The summed E-state index contributed by atoms with van der Waals surface area (Å²) in [5, 5.41) is 3.30. The van der Waals surface area contributed by atoms with Gasteiger partial charge in [0.05, 0.1) is 5.92 Å². The van der Waals surface area contributed by atoms with Gasteiger partial charge in [-0.2, -0.15) is 0 Å². The first-order valence-electron chi connectivity index (χ1n) is 6.14. The molecule has 1 aliphatic carbocycles. The topological polar surface area (TPSA) is 32.3 Å². The number of hydrogen-bond donors (Lipinski definition) is 1. The van der Waals surface area contributed by atoms with E-state index < -0.39 is 0 Å². The van der Waals surface area contributed by atoms with Gasteiger partial charge < -0.3 is 10.2 Å². The molecule has 3 heteroatoms. The third-order valence-electron chi connectivity index (χ3n) is 3.81. The molecule has 2 fully saturated rings. The smallest absolute Gasteiger partial charge is 0.226 e. The van der Waals surface area contributed by atoms with Crippen LogP contribution in [0.2, 0.25) is 0 Å². The van der Waals surface area contributed by atoms with E-state index >= 15 is 0 Å². The maximum Gasteiger partial charge on any atom is 0.226 e. The van der Waals surface area contributed by atoms with E-state index in [1.807, 2.05) is 11.9 Å². The highest BCUT2D eigenvalue weighted by molar-refractivity contribution is 5.79. The molecule has 0 aromatic rings. The van der Waals surface area contributed by atoms with E-state index in [0.29, 0.717) is 5.91 Å². The van der Waals surface area contributed by atoms with Crippen molar-refractivity contribution in [1.29, 1.82) is 0 Å². The van der Waals surface area contributed by atoms with Crippen molar-refractivity contribution >= 4 is 5.91 Å². The third kappa shape index (κ3) is 2.71. The van der Waals surface area contributed by atoms with E-state index in [4.69, 9.17) is 0 Å². The number of carbonyl (C=O) groups excluding carboxylic acids is 1. The fourth-order valence-electron chi connectivity index (χ4n) is 2.47. The molecule has 1 amide bonds. The molecule has 0 bridgehead atoms. The molecule has 1 N–H and O–H groups in total. The predicted octanol–water partition coefficient (Wildman–Crippen LogP) is 1.10. The van der Waals surface area contributed by atoms with Gasteiger partial charge in [0.25, 0.3) is 0 Å². The van der Waals surface area contributed by atoms with Gasteiger partial charge in [-0.25, -0.2) is 0 Å². The average molecular weight is 210 g/mol. The van der Waals surface area contributed by atoms with Crippen molar-refractivity contribution in [2.24, 2.45) is 17.8 Å². The lowest BCUT2D eigenvalue weighted by atomic mass is 9.98. The number of amides is 1. The van der Waals surface area contributed by atoms with Crippen LogP contribution in [0.4, 0.5) is 0 Å². The van der Waals surface area contributed by atoms with Crippen molar-refractivity contribution in [2.75, 3.05) is 26.7 Å². The molecule has 0 aromatic carbocycles. The molecule has 0 radical (unpaired) electrons. The van der Waals surface area contributed by atoms with Crippen LogP contribution in [-0.4, -0.2) is 37.5 Å². The Labute approximate surface area is 92.2 Å². The van der Waals surface area contributed by atoms with Crippen LogP contribution in [0.25, 0.3) is 0 Å². The molecule has 2 rings (SSSR count). The lowest BCUT2D eigenvalue weighted by Gasteiger charge is -2.27. The molecule has 2 unspecified atom stereocenters. The Balaban J connectivity index is 1.78. The van der Waals surface area contributed by atoms with Crippen molar-refractivity contribution < 1.29 is 4.79 Å². The summed E-state index contributed by atoms with van der Waals surface area (Å²) in [6, 6.07) is 0. The number of carbonyl (C=O) groups is 1. The molecule has 15 heavy (non-hydrogen) atoms. The first-order valence-corrected chi connectivity index (χ1v) is 6.14. The molecule has 0 spiro atoms. The number of nitrogens with one attached hydrogen (secondary N) is 1. The number of rotatable bonds is 3. The van der Waals surface area contributed by atoms with E-state index in [-0.39, 0.29) is 5.92 Å². The largest absolute Gasteiger partial charge is 0.345 e. The summed E-state index contributed by atoms with van der Waals surface area (Å²) in [4.78, 5) is 14.0. The molecule has 2 aliphatic rings. The quantitative estimate of drug-likeness (QED) is 0.756. The molecule has 1 heterocycles. The molecular formula is C12H22N2O. The Morgan fingerprint density at radius 3 is 2.80 bits per heavy atom. The number of hydrogen-bond acceptors (Lipinski definition) is 2. The Morgan fingerprint density at radius 1 is 1.53 bits per heavy atom. The molecular weight excluding hydrogens is 188 g/mol. The van der Waals surface area contributed by atoms with Crippen LogP contribution in [0, 0.1) is 17.8 Å². The van der Waals surface area contributed by atoms with Crippen molar-refractivity contribution in [3.63, 3.8) is 0 Å². The van der Waals surface area contributed by atoms with Gasteiger partial charge in [-0.05, 0) is 37.6 Å². The second kappa shape index (κ2) is 4.52. The van der Waals surface area contributed by atoms with Gasteiger partial charge in [-0.1, -0.05) is 6.92 Å². The Kier molecular flexibility index (Phi) is 3.29. The average Bonchev–Trinajstić information content (AvgIpc) is 2.94. The van der Waals surface area contributed by atoms with E-state index in [1.165, 1.54) is 6.42 Å². The summed E-state index contributed by atoms with van der Waals surface area (Å²) in [5.41, 5.74) is 0. The zero-order valence-corrected chi connectivity index (χ0v) is 9.83. The second-order valence-electron chi connectivity index (χ2n) is 5.24. The normalized spacial score (nSPS) is 34.9. The molecule has 1 saturated heterocycles. The maximum absolute atomic E-state index is 12.1. The van der Waals surface area contributed by atoms with Gasteiger partial charge in [0.15, 0.2) is 0 Å². The predicted molar refractivity (Wildman–Crippen MR) is 60.5 cm³/mol. The van der Waals surface area contributed by atoms with E-state index in [0.717, 1.165) is 44.3 Å². The van der Waals surface area contributed by atoms with Gasteiger partial charge >= 0.3 is 0 Å². The Morgan fingerprint density at radius 2 is 2.27 bits per heavy atom. The van der Waals surface area contributed by atoms with Crippen molar-refractivity contribution in [3.8, 4) is 0 Å². The van der Waals surface area contributed by atoms with Gasteiger partial charge in [-0.15, -0.1) is 0 Å².